The number of fused-ring (bicyclic) bond motifs is 1. The summed E-state index contributed by atoms with van der Waals surface area (Å²) in [6.45, 7) is 0. The van der Waals surface area contributed by atoms with Gasteiger partial charge in [-0.1, -0.05) is 11.6 Å². The van der Waals surface area contributed by atoms with Gasteiger partial charge in [0.25, 0.3) is 11.8 Å². The van der Waals surface area contributed by atoms with Crippen LogP contribution >= 0.6 is 11.6 Å². The third-order valence-electron chi connectivity index (χ3n) is 4.51. The Morgan fingerprint density at radius 2 is 1.72 bits per heavy atom. The highest BCUT2D eigenvalue weighted by molar-refractivity contribution is 6.30. The minimum atomic E-state index is -0.389. The number of hydrogen-bond donors (Lipinski definition) is 1. The van der Waals surface area contributed by atoms with Crippen LogP contribution in [0.2, 0.25) is 5.02 Å². The monoisotopic (exact) mass is 406 g/mol. The molecule has 1 N–H and O–H groups in total. The molecule has 3 aromatic rings. The highest BCUT2D eigenvalue weighted by Gasteiger charge is 2.32. The maximum absolute atomic E-state index is 12.2. The maximum Gasteiger partial charge on any atom is 0.261 e. The van der Waals surface area contributed by atoms with Gasteiger partial charge in [0.1, 0.15) is 11.5 Å². The van der Waals surface area contributed by atoms with Crippen LogP contribution in [0.1, 0.15) is 26.5 Å². The summed E-state index contributed by atoms with van der Waals surface area (Å²) in [7, 11) is 1.42. The summed E-state index contributed by atoms with van der Waals surface area (Å²) in [6.07, 6.45) is 2.88. The van der Waals surface area contributed by atoms with E-state index in [2.05, 4.69) is 5.32 Å². The Hall–Kier alpha value is -3.64. The van der Waals surface area contributed by atoms with E-state index in [-0.39, 0.29) is 23.3 Å². The lowest BCUT2D eigenvalue weighted by Crippen LogP contribution is -2.24. The van der Waals surface area contributed by atoms with Crippen molar-refractivity contribution in [2.45, 2.75) is 0 Å². The molecule has 0 saturated heterocycles. The molecule has 0 fully saturated rings. The SMILES string of the molecule is CN1C(=O)c2ccc(NC(=O)/C=C/c3ccc(-c4ccc(Cl)cc4)o3)cc2C1=O. The van der Waals surface area contributed by atoms with Crippen LogP contribution in [-0.2, 0) is 4.79 Å². The van der Waals surface area contributed by atoms with Gasteiger partial charge in [-0.05, 0) is 60.7 Å². The van der Waals surface area contributed by atoms with E-state index in [1.165, 1.54) is 25.3 Å². The molecule has 0 spiro atoms. The molecule has 0 atom stereocenters. The van der Waals surface area contributed by atoms with E-state index >= 15 is 0 Å². The Bertz CT molecular complexity index is 1160. The molecule has 1 aromatic heterocycles. The van der Waals surface area contributed by atoms with Crippen molar-refractivity contribution in [2.75, 3.05) is 12.4 Å². The van der Waals surface area contributed by atoms with Crippen molar-refractivity contribution < 1.29 is 18.8 Å². The molecule has 2 heterocycles. The molecule has 0 radical (unpaired) electrons. The number of amides is 3. The molecule has 144 valence electrons. The lowest BCUT2D eigenvalue weighted by Gasteiger charge is -2.03. The van der Waals surface area contributed by atoms with Crippen LogP contribution in [-0.4, -0.2) is 29.7 Å². The maximum atomic E-state index is 12.2. The molecule has 3 amide bonds. The summed E-state index contributed by atoms with van der Waals surface area (Å²) in [4.78, 5) is 37.2. The number of rotatable bonds is 4. The Labute approximate surface area is 171 Å². The number of carbonyl (C=O) groups is 3. The number of imide groups is 1. The van der Waals surface area contributed by atoms with E-state index in [9.17, 15) is 14.4 Å². The molecule has 1 aliphatic rings. The van der Waals surface area contributed by atoms with Gasteiger partial charge in [-0.25, -0.2) is 0 Å². The zero-order valence-corrected chi connectivity index (χ0v) is 16.1. The molecule has 0 bridgehead atoms. The molecule has 0 aliphatic carbocycles. The number of anilines is 1. The van der Waals surface area contributed by atoms with E-state index in [4.69, 9.17) is 16.0 Å². The normalized spacial score (nSPS) is 13.2. The molecule has 29 heavy (non-hydrogen) atoms. The lowest BCUT2D eigenvalue weighted by atomic mass is 10.1. The third-order valence-corrected chi connectivity index (χ3v) is 4.76. The van der Waals surface area contributed by atoms with Gasteiger partial charge < -0.3 is 9.73 Å². The summed E-state index contributed by atoms with van der Waals surface area (Å²) >= 11 is 5.88. The number of hydrogen-bond acceptors (Lipinski definition) is 4. The molecule has 4 rings (SSSR count). The molecule has 0 saturated carbocycles. The van der Waals surface area contributed by atoms with E-state index < -0.39 is 0 Å². The number of nitrogens with one attached hydrogen (secondary N) is 1. The van der Waals surface area contributed by atoms with Gasteiger partial charge >= 0.3 is 0 Å². The van der Waals surface area contributed by atoms with Crippen LogP contribution in [0.5, 0.6) is 0 Å². The highest BCUT2D eigenvalue weighted by Crippen LogP contribution is 2.26. The zero-order chi connectivity index (χ0) is 20.5. The number of furan rings is 1. The van der Waals surface area contributed by atoms with Gasteiger partial charge in [-0.15, -0.1) is 0 Å². The van der Waals surface area contributed by atoms with Crippen LogP contribution in [0.25, 0.3) is 17.4 Å². The molecular formula is C22H15ClN2O4. The van der Waals surface area contributed by atoms with Gasteiger partial charge in [0.05, 0.1) is 11.1 Å². The Kier molecular flexibility index (Phi) is 4.78. The van der Waals surface area contributed by atoms with Crippen LogP contribution in [0.3, 0.4) is 0 Å². The van der Waals surface area contributed by atoms with Gasteiger partial charge in [0, 0.05) is 29.4 Å². The topological polar surface area (TPSA) is 79.6 Å². The van der Waals surface area contributed by atoms with Gasteiger partial charge in [-0.2, -0.15) is 0 Å². The van der Waals surface area contributed by atoms with E-state index in [0.29, 0.717) is 27.8 Å². The molecule has 2 aromatic carbocycles. The smallest absolute Gasteiger partial charge is 0.261 e. The first-order chi connectivity index (χ1) is 13.9. The number of carbonyl (C=O) groups excluding carboxylic acids is 3. The summed E-state index contributed by atoms with van der Waals surface area (Å²) in [5.41, 5.74) is 1.91. The Balaban J connectivity index is 1.44. The first kappa shape index (κ1) is 18.7. The first-order valence-electron chi connectivity index (χ1n) is 8.73. The second-order valence-electron chi connectivity index (χ2n) is 6.46. The predicted octanol–water partition coefficient (Wildman–Crippen LogP) is 4.48. The average molecular weight is 407 g/mol. The van der Waals surface area contributed by atoms with Crippen LogP contribution in [0.4, 0.5) is 5.69 Å². The van der Waals surface area contributed by atoms with Crippen LogP contribution in [0, 0.1) is 0 Å². The van der Waals surface area contributed by atoms with E-state index in [0.717, 1.165) is 10.5 Å². The summed E-state index contributed by atoms with van der Waals surface area (Å²) in [5.74, 6) is 0.0488. The van der Waals surface area contributed by atoms with Crippen molar-refractivity contribution in [1.82, 2.24) is 4.90 Å². The van der Waals surface area contributed by atoms with E-state index in [1.54, 1.807) is 36.4 Å². The molecular weight excluding hydrogens is 392 g/mol. The number of nitrogens with zero attached hydrogens (tertiary/aromatic N) is 1. The van der Waals surface area contributed by atoms with E-state index in [1.807, 2.05) is 12.1 Å². The Morgan fingerprint density at radius 1 is 1.00 bits per heavy atom. The minimum Gasteiger partial charge on any atom is -0.457 e. The second kappa shape index (κ2) is 7.41. The highest BCUT2D eigenvalue weighted by atomic mass is 35.5. The van der Waals surface area contributed by atoms with Crippen LogP contribution in [0.15, 0.2) is 65.1 Å². The fraction of sp³-hybridized carbons (Fsp3) is 0.0455. The van der Waals surface area contributed by atoms with Crippen molar-refractivity contribution in [3.8, 4) is 11.3 Å². The standard InChI is InChI=1S/C22H15ClN2O4/c1-25-21(27)17-9-6-15(12-18(17)22(25)28)24-20(26)11-8-16-7-10-19(29-16)13-2-4-14(23)5-3-13/h2-12H,1H3,(H,24,26)/b11-8+. The van der Waals surface area contributed by atoms with Crippen molar-refractivity contribution >= 4 is 41.1 Å². The van der Waals surface area contributed by atoms with Crippen molar-refractivity contribution in [3.63, 3.8) is 0 Å². The minimum absolute atomic E-state index is 0.276. The molecule has 1 aliphatic heterocycles. The summed E-state index contributed by atoms with van der Waals surface area (Å²) in [5, 5.41) is 3.31. The van der Waals surface area contributed by atoms with Crippen molar-refractivity contribution in [2.24, 2.45) is 0 Å². The van der Waals surface area contributed by atoms with Crippen molar-refractivity contribution in [3.05, 3.63) is 82.6 Å². The lowest BCUT2D eigenvalue weighted by molar-refractivity contribution is -0.111. The Morgan fingerprint density at radius 3 is 2.48 bits per heavy atom. The van der Waals surface area contributed by atoms with Gasteiger partial charge in [0.15, 0.2) is 0 Å². The average Bonchev–Trinajstić information content (AvgIpc) is 3.27. The largest absolute Gasteiger partial charge is 0.457 e. The predicted molar refractivity (Wildman–Crippen MR) is 110 cm³/mol. The fourth-order valence-corrected chi connectivity index (χ4v) is 3.12. The van der Waals surface area contributed by atoms with Crippen molar-refractivity contribution in [1.29, 1.82) is 0 Å². The fourth-order valence-electron chi connectivity index (χ4n) is 2.99. The zero-order valence-electron chi connectivity index (χ0n) is 15.3. The third kappa shape index (κ3) is 3.70. The summed E-state index contributed by atoms with van der Waals surface area (Å²) < 4.78 is 5.71. The molecule has 7 heteroatoms. The summed E-state index contributed by atoms with van der Waals surface area (Å²) in [6, 6.07) is 15.4. The van der Waals surface area contributed by atoms with Gasteiger partial charge in [0.2, 0.25) is 5.91 Å². The molecule has 6 nitrogen and oxygen atoms in total. The quantitative estimate of drug-likeness (QED) is 0.511. The van der Waals surface area contributed by atoms with Crippen LogP contribution < -0.4 is 5.32 Å². The molecule has 0 unspecified atom stereocenters. The van der Waals surface area contributed by atoms with Gasteiger partial charge in [-0.3, -0.25) is 19.3 Å². The second-order valence-corrected chi connectivity index (χ2v) is 6.90. The first-order valence-corrected chi connectivity index (χ1v) is 9.11. The number of benzene rings is 2. The number of halogens is 1.